The highest BCUT2D eigenvalue weighted by molar-refractivity contribution is 6.31. The molecule has 4 aliphatic rings. The minimum Gasteiger partial charge on any atom is -0.461 e. The van der Waals surface area contributed by atoms with E-state index in [0.717, 1.165) is 31.1 Å². The van der Waals surface area contributed by atoms with E-state index in [1.165, 1.54) is 11.0 Å². The number of ether oxygens (including phenoxy) is 2. The topological polar surface area (TPSA) is 115 Å². The van der Waals surface area contributed by atoms with E-state index >= 15 is 0 Å². The Labute approximate surface area is 279 Å². The average Bonchev–Trinajstić information content (AvgIpc) is 3.64. The van der Waals surface area contributed by atoms with Gasteiger partial charge in [0.25, 0.3) is 5.91 Å². The molecular formula is C32H37ClF4N8O3. The van der Waals surface area contributed by atoms with Crippen LogP contribution in [0.2, 0.25) is 5.02 Å². The summed E-state index contributed by atoms with van der Waals surface area (Å²) in [5, 5.41) is 4.02. The van der Waals surface area contributed by atoms with Gasteiger partial charge in [-0.2, -0.15) is 28.2 Å². The van der Waals surface area contributed by atoms with Gasteiger partial charge in [-0.1, -0.05) is 11.6 Å². The number of fused-ring (bicyclic) bond motifs is 3. The van der Waals surface area contributed by atoms with Gasteiger partial charge in [-0.25, -0.2) is 4.39 Å². The van der Waals surface area contributed by atoms with Crippen LogP contribution in [0.4, 0.5) is 29.1 Å². The van der Waals surface area contributed by atoms with Gasteiger partial charge in [-0.05, 0) is 49.6 Å². The second-order valence-corrected chi connectivity index (χ2v) is 13.7. The number of nitrogen functional groups attached to an aromatic ring is 1. The zero-order valence-electron chi connectivity index (χ0n) is 26.7. The molecule has 1 aromatic carbocycles. The summed E-state index contributed by atoms with van der Waals surface area (Å²) in [5.41, 5.74) is 6.67. The van der Waals surface area contributed by atoms with Crippen LogP contribution in [0.25, 0.3) is 0 Å². The molecule has 11 nitrogen and oxygen atoms in total. The summed E-state index contributed by atoms with van der Waals surface area (Å²) in [5.74, 6) is 0.320. The zero-order chi connectivity index (χ0) is 34.0. The Morgan fingerprint density at radius 2 is 2.00 bits per heavy atom. The fraction of sp³-hybridized carbons (Fsp3) is 0.562. The lowest BCUT2D eigenvalue weighted by molar-refractivity contribution is -0.139. The maximum absolute atomic E-state index is 14.5. The Hall–Kier alpha value is -3.69. The highest BCUT2D eigenvalue weighted by Gasteiger charge is 2.49. The molecule has 2 fully saturated rings. The van der Waals surface area contributed by atoms with E-state index in [1.807, 2.05) is 9.58 Å². The first-order valence-corrected chi connectivity index (χ1v) is 16.4. The number of alkyl halides is 4. The van der Waals surface area contributed by atoms with Crippen molar-refractivity contribution in [3.05, 3.63) is 57.0 Å². The molecule has 6 heterocycles. The Kier molecular flexibility index (Phi) is 8.43. The molecule has 7 rings (SSSR count). The number of benzene rings is 1. The number of nitrogens with zero attached hydrogens (tertiary/aromatic N) is 7. The number of rotatable bonds is 6. The number of carbonyl (C=O) groups is 1. The predicted molar refractivity (Wildman–Crippen MR) is 169 cm³/mol. The molecule has 0 saturated carbocycles. The van der Waals surface area contributed by atoms with Gasteiger partial charge < -0.3 is 25.0 Å². The van der Waals surface area contributed by atoms with Crippen molar-refractivity contribution in [1.82, 2.24) is 29.5 Å². The Balaban J connectivity index is 1.25. The monoisotopic (exact) mass is 692 g/mol. The molecule has 3 atom stereocenters. The van der Waals surface area contributed by atoms with E-state index in [1.54, 1.807) is 20.2 Å². The lowest BCUT2D eigenvalue weighted by atomic mass is 9.94. The maximum atomic E-state index is 14.5. The van der Waals surface area contributed by atoms with Crippen molar-refractivity contribution in [2.45, 2.75) is 75.8 Å². The molecule has 0 spiro atoms. The second-order valence-electron chi connectivity index (χ2n) is 13.3. The van der Waals surface area contributed by atoms with E-state index in [-0.39, 0.29) is 42.8 Å². The fourth-order valence-corrected chi connectivity index (χ4v) is 7.93. The summed E-state index contributed by atoms with van der Waals surface area (Å²) in [6.07, 6.45) is -3.94. The van der Waals surface area contributed by atoms with E-state index in [9.17, 15) is 22.4 Å². The number of amides is 1. The normalized spacial score (nSPS) is 24.2. The van der Waals surface area contributed by atoms with Crippen LogP contribution >= 0.6 is 11.6 Å². The van der Waals surface area contributed by atoms with Crippen molar-refractivity contribution < 1.29 is 31.8 Å². The van der Waals surface area contributed by atoms with E-state index in [4.69, 9.17) is 36.8 Å². The van der Waals surface area contributed by atoms with Crippen LogP contribution in [0.15, 0.2) is 18.2 Å². The molecule has 4 aliphatic heterocycles. The summed E-state index contributed by atoms with van der Waals surface area (Å²) >= 11 is 6.07. The molecule has 48 heavy (non-hydrogen) atoms. The minimum absolute atomic E-state index is 0.0127. The van der Waals surface area contributed by atoms with Crippen molar-refractivity contribution in [3.63, 3.8) is 0 Å². The van der Waals surface area contributed by atoms with Crippen molar-refractivity contribution in [2.75, 3.05) is 51.0 Å². The third kappa shape index (κ3) is 6.04. The lowest BCUT2D eigenvalue weighted by Crippen LogP contribution is -2.43. The summed E-state index contributed by atoms with van der Waals surface area (Å²) in [7, 11) is 3.33. The Bertz CT molecular complexity index is 1740. The van der Waals surface area contributed by atoms with Crippen molar-refractivity contribution in [1.29, 1.82) is 0 Å². The number of halogens is 5. The number of anilines is 2. The Morgan fingerprint density at radius 3 is 2.77 bits per heavy atom. The molecule has 3 aromatic rings. The van der Waals surface area contributed by atoms with Crippen molar-refractivity contribution >= 4 is 29.0 Å². The number of hydrogen-bond acceptors (Lipinski definition) is 9. The molecule has 0 bridgehead atoms. The van der Waals surface area contributed by atoms with Gasteiger partial charge in [-0.15, -0.1) is 0 Å². The summed E-state index contributed by atoms with van der Waals surface area (Å²) < 4.78 is 71.3. The molecule has 0 radical (unpaired) electrons. The van der Waals surface area contributed by atoms with Crippen LogP contribution in [0.5, 0.6) is 6.01 Å². The average molecular weight is 693 g/mol. The number of aromatic nitrogens is 4. The summed E-state index contributed by atoms with van der Waals surface area (Å²) in [4.78, 5) is 27.9. The predicted octanol–water partition coefficient (Wildman–Crippen LogP) is 4.81. The first-order valence-electron chi connectivity index (χ1n) is 16.0. The largest absolute Gasteiger partial charge is 0.461 e. The van der Waals surface area contributed by atoms with Gasteiger partial charge in [-0.3, -0.25) is 14.4 Å². The minimum atomic E-state index is -4.74. The highest BCUT2D eigenvalue weighted by atomic mass is 35.5. The van der Waals surface area contributed by atoms with Gasteiger partial charge in [0.05, 0.1) is 46.8 Å². The van der Waals surface area contributed by atoms with Gasteiger partial charge in [0.1, 0.15) is 18.6 Å². The van der Waals surface area contributed by atoms with Crippen molar-refractivity contribution in [2.24, 2.45) is 0 Å². The molecule has 1 amide bonds. The number of hydrogen-bond donors (Lipinski definition) is 1. The van der Waals surface area contributed by atoms with Crippen LogP contribution in [-0.2, 0) is 37.0 Å². The van der Waals surface area contributed by atoms with Gasteiger partial charge in [0, 0.05) is 57.8 Å². The van der Waals surface area contributed by atoms with E-state index < -0.39 is 34.6 Å². The molecular weight excluding hydrogens is 656 g/mol. The zero-order valence-corrected chi connectivity index (χ0v) is 27.5. The third-order valence-electron chi connectivity index (χ3n) is 9.80. The SMILES string of the molecule is CN(C)C(=O)c1cc2n(n1)CCCN(c1nc(OC[C@@]34CCCN3C[C@H](F)C4)nc3c1CO[C@H](c1cc(N)cc(Cl)c1C(F)(F)F)C3)C2. The van der Waals surface area contributed by atoms with Crippen molar-refractivity contribution in [3.8, 4) is 6.01 Å². The van der Waals surface area contributed by atoms with E-state index in [2.05, 4.69) is 10.00 Å². The second kappa shape index (κ2) is 12.3. The first kappa shape index (κ1) is 32.8. The molecule has 2 aromatic heterocycles. The van der Waals surface area contributed by atoms with Crippen LogP contribution in [0.3, 0.4) is 0 Å². The van der Waals surface area contributed by atoms with Gasteiger partial charge in [0.15, 0.2) is 5.69 Å². The van der Waals surface area contributed by atoms with E-state index in [0.29, 0.717) is 61.8 Å². The van der Waals surface area contributed by atoms with Crippen LogP contribution in [0, 0.1) is 0 Å². The maximum Gasteiger partial charge on any atom is 0.418 e. The smallest absolute Gasteiger partial charge is 0.418 e. The lowest BCUT2D eigenvalue weighted by Gasteiger charge is -2.33. The van der Waals surface area contributed by atoms with Crippen LogP contribution in [-0.4, -0.2) is 87.5 Å². The highest BCUT2D eigenvalue weighted by Crippen LogP contribution is 2.45. The summed E-state index contributed by atoms with van der Waals surface area (Å²) in [6, 6.07) is 4.15. The first-order chi connectivity index (χ1) is 22.8. The fourth-order valence-electron chi connectivity index (χ4n) is 7.58. The van der Waals surface area contributed by atoms with Gasteiger partial charge in [0.2, 0.25) is 0 Å². The molecule has 2 saturated heterocycles. The molecule has 0 aliphatic carbocycles. The van der Waals surface area contributed by atoms with Crippen LogP contribution < -0.4 is 15.4 Å². The number of nitrogens with two attached hydrogens (primary N) is 1. The quantitative estimate of drug-likeness (QED) is 0.287. The Morgan fingerprint density at radius 1 is 1.19 bits per heavy atom. The number of carbonyl (C=O) groups excluding carboxylic acids is 1. The molecule has 2 N–H and O–H groups in total. The van der Waals surface area contributed by atoms with Gasteiger partial charge >= 0.3 is 12.2 Å². The molecule has 16 heteroatoms. The molecule has 258 valence electrons. The summed E-state index contributed by atoms with van der Waals surface area (Å²) in [6.45, 7) is 2.81. The van der Waals surface area contributed by atoms with Crippen LogP contribution in [0.1, 0.15) is 70.4 Å². The molecule has 0 unspecified atom stereocenters. The standard InChI is InChI=1S/C32H37ClF4N8O3/c1-42(2)29(46)25-11-20-15-43(6-4-8-45(20)41-25)28-22-16-47-26(21-9-19(38)10-23(33)27(21)32(35,36)37)12-24(22)39-30(40-28)48-17-31-5-3-7-44(31)14-18(34)13-31/h9-11,18,26H,3-8,12-17,38H2,1-2H3/t18-,26+,31+/m1/s1. The number of aryl methyl sites for hydroxylation is 1. The third-order valence-corrected chi connectivity index (χ3v) is 10.1.